The Morgan fingerprint density at radius 2 is 1.82 bits per heavy atom. The number of aliphatic hydroxyl groups is 2. The van der Waals surface area contributed by atoms with Crippen LogP contribution < -0.4 is 10.1 Å². The molecule has 1 aliphatic heterocycles. The van der Waals surface area contributed by atoms with E-state index in [1.807, 2.05) is 35.2 Å². The monoisotopic (exact) mass is 468 g/mol. The van der Waals surface area contributed by atoms with Crippen molar-refractivity contribution in [2.75, 3.05) is 19.7 Å². The van der Waals surface area contributed by atoms with Gasteiger partial charge in [0.25, 0.3) is 0 Å². The zero-order valence-electron chi connectivity index (χ0n) is 19.7. The second kappa shape index (κ2) is 10.1. The minimum absolute atomic E-state index is 0.00951. The SMILES string of the molecule is O=C(NCCO)C1=C[C@@H](N(CC2CCCCC2)C(=O)C2CCC2)[C@H](O)[C@H]2Oc3ccccc3[C@@H]12. The van der Waals surface area contributed by atoms with Gasteiger partial charge in [-0.1, -0.05) is 43.9 Å². The number of hydrogen-bond acceptors (Lipinski definition) is 5. The fourth-order valence-electron chi connectivity index (χ4n) is 6.09. The third kappa shape index (κ3) is 4.36. The first-order chi connectivity index (χ1) is 16.6. The summed E-state index contributed by atoms with van der Waals surface area (Å²) >= 11 is 0. The number of aliphatic hydroxyl groups excluding tert-OH is 2. The van der Waals surface area contributed by atoms with Crippen molar-refractivity contribution in [3.8, 4) is 5.75 Å². The summed E-state index contributed by atoms with van der Waals surface area (Å²) in [5.74, 6) is 0.509. The van der Waals surface area contributed by atoms with Crippen LogP contribution >= 0.6 is 0 Å². The second-order valence-corrected chi connectivity index (χ2v) is 10.3. The summed E-state index contributed by atoms with van der Waals surface area (Å²) in [6.07, 6.45) is 8.88. The van der Waals surface area contributed by atoms with Gasteiger partial charge in [0.05, 0.1) is 18.6 Å². The van der Waals surface area contributed by atoms with Gasteiger partial charge in [0.2, 0.25) is 11.8 Å². The number of nitrogens with zero attached hydrogens (tertiary/aromatic N) is 1. The van der Waals surface area contributed by atoms with Crippen molar-refractivity contribution in [3.05, 3.63) is 41.5 Å². The number of fused-ring (bicyclic) bond motifs is 3. The lowest BCUT2D eigenvalue weighted by molar-refractivity contribution is -0.145. The van der Waals surface area contributed by atoms with E-state index < -0.39 is 24.2 Å². The van der Waals surface area contributed by atoms with Gasteiger partial charge in [-0.05, 0) is 43.7 Å². The zero-order chi connectivity index (χ0) is 23.7. The molecule has 184 valence electrons. The van der Waals surface area contributed by atoms with Crippen molar-refractivity contribution >= 4 is 11.8 Å². The molecular formula is C27H36N2O5. The molecule has 0 unspecified atom stereocenters. The van der Waals surface area contributed by atoms with E-state index in [1.54, 1.807) is 0 Å². The largest absolute Gasteiger partial charge is 0.486 e. The average Bonchev–Trinajstić information content (AvgIpc) is 3.21. The van der Waals surface area contributed by atoms with Gasteiger partial charge in [0.1, 0.15) is 18.0 Å². The molecule has 2 saturated carbocycles. The van der Waals surface area contributed by atoms with Gasteiger partial charge in [-0.3, -0.25) is 9.59 Å². The number of ether oxygens (including phenoxy) is 1. The molecule has 34 heavy (non-hydrogen) atoms. The third-order valence-electron chi connectivity index (χ3n) is 8.15. The van der Waals surface area contributed by atoms with E-state index in [-0.39, 0.29) is 30.9 Å². The van der Waals surface area contributed by atoms with E-state index in [1.165, 1.54) is 19.3 Å². The molecule has 5 rings (SSSR count). The van der Waals surface area contributed by atoms with Crippen molar-refractivity contribution in [2.24, 2.45) is 11.8 Å². The van der Waals surface area contributed by atoms with Crippen LogP contribution in [0, 0.1) is 11.8 Å². The van der Waals surface area contributed by atoms with E-state index in [2.05, 4.69) is 5.32 Å². The molecule has 3 N–H and O–H groups in total. The predicted molar refractivity (Wildman–Crippen MR) is 127 cm³/mol. The number of rotatable bonds is 7. The Balaban J connectivity index is 1.50. The average molecular weight is 469 g/mol. The highest BCUT2D eigenvalue weighted by Crippen LogP contribution is 2.47. The Kier molecular flexibility index (Phi) is 6.93. The molecule has 4 atom stereocenters. The zero-order valence-corrected chi connectivity index (χ0v) is 19.7. The summed E-state index contributed by atoms with van der Waals surface area (Å²) in [5.41, 5.74) is 1.38. The molecular weight excluding hydrogens is 432 g/mol. The molecule has 1 aromatic carbocycles. The summed E-state index contributed by atoms with van der Waals surface area (Å²) in [5, 5.41) is 23.6. The molecule has 1 heterocycles. The van der Waals surface area contributed by atoms with Crippen molar-refractivity contribution in [2.45, 2.75) is 75.5 Å². The first-order valence-electron chi connectivity index (χ1n) is 12.9. The van der Waals surface area contributed by atoms with Gasteiger partial charge in [-0.25, -0.2) is 0 Å². The minimum atomic E-state index is -0.931. The molecule has 0 bridgehead atoms. The number of para-hydroxylation sites is 1. The predicted octanol–water partition coefficient (Wildman–Crippen LogP) is 2.52. The Labute approximate surface area is 201 Å². The van der Waals surface area contributed by atoms with Gasteiger partial charge in [0, 0.05) is 30.1 Å². The molecule has 4 aliphatic rings. The maximum Gasteiger partial charge on any atom is 0.247 e. The molecule has 7 heteroatoms. The van der Waals surface area contributed by atoms with Gasteiger partial charge in [0.15, 0.2) is 0 Å². The van der Waals surface area contributed by atoms with Gasteiger partial charge < -0.3 is 25.2 Å². The van der Waals surface area contributed by atoms with Crippen LogP contribution in [-0.2, 0) is 9.59 Å². The number of benzene rings is 1. The standard InChI is InChI=1S/C27H36N2O5/c30-14-13-28-26(32)20-15-21(24(31)25-23(20)19-11-4-5-12-22(19)34-25)29(27(33)18-9-6-10-18)16-17-7-2-1-3-8-17/h4-5,11-12,15,17-18,21,23-25,30-31H,1-3,6-10,13-14,16H2,(H,28,32)/t21-,23+,24+,25+/m1/s1. The van der Waals surface area contributed by atoms with Crippen molar-refractivity contribution in [1.29, 1.82) is 0 Å². The first kappa shape index (κ1) is 23.4. The summed E-state index contributed by atoms with van der Waals surface area (Å²) in [6.45, 7) is 0.611. The van der Waals surface area contributed by atoms with E-state index in [4.69, 9.17) is 4.74 Å². The van der Waals surface area contributed by atoms with Gasteiger partial charge in [-0.15, -0.1) is 0 Å². The van der Waals surface area contributed by atoms with E-state index >= 15 is 0 Å². The smallest absolute Gasteiger partial charge is 0.247 e. The van der Waals surface area contributed by atoms with Crippen LogP contribution in [0.4, 0.5) is 0 Å². The van der Waals surface area contributed by atoms with Gasteiger partial charge >= 0.3 is 0 Å². The molecule has 1 aromatic rings. The summed E-state index contributed by atoms with van der Waals surface area (Å²) < 4.78 is 6.20. The van der Waals surface area contributed by atoms with Crippen molar-refractivity contribution in [1.82, 2.24) is 10.2 Å². The maximum atomic E-state index is 13.6. The summed E-state index contributed by atoms with van der Waals surface area (Å²) in [7, 11) is 0. The lowest BCUT2D eigenvalue weighted by Crippen LogP contribution is -2.58. The lowest BCUT2D eigenvalue weighted by atomic mass is 9.76. The molecule has 7 nitrogen and oxygen atoms in total. The van der Waals surface area contributed by atoms with Crippen LogP contribution in [0.2, 0.25) is 0 Å². The molecule has 0 spiro atoms. The highest BCUT2D eigenvalue weighted by molar-refractivity contribution is 5.96. The number of carbonyl (C=O) groups excluding carboxylic acids is 2. The first-order valence-corrected chi connectivity index (χ1v) is 12.9. The van der Waals surface area contributed by atoms with Crippen LogP contribution in [0.15, 0.2) is 35.9 Å². The van der Waals surface area contributed by atoms with E-state index in [0.29, 0.717) is 23.8 Å². The maximum absolute atomic E-state index is 13.6. The number of hydrogen-bond donors (Lipinski definition) is 3. The number of amides is 2. The topological polar surface area (TPSA) is 99.1 Å². The molecule has 0 aromatic heterocycles. The molecule has 0 radical (unpaired) electrons. The highest BCUT2D eigenvalue weighted by atomic mass is 16.5. The number of carbonyl (C=O) groups is 2. The Morgan fingerprint density at radius 1 is 1.06 bits per heavy atom. The van der Waals surface area contributed by atoms with Crippen molar-refractivity contribution < 1.29 is 24.5 Å². The quantitative estimate of drug-likeness (QED) is 0.571. The highest BCUT2D eigenvalue weighted by Gasteiger charge is 2.51. The molecule has 2 amide bonds. The number of nitrogens with one attached hydrogen (secondary N) is 1. The molecule has 3 aliphatic carbocycles. The van der Waals surface area contributed by atoms with Crippen LogP contribution in [0.1, 0.15) is 62.8 Å². The van der Waals surface area contributed by atoms with Gasteiger partial charge in [-0.2, -0.15) is 0 Å². The molecule has 2 fully saturated rings. The fourth-order valence-corrected chi connectivity index (χ4v) is 6.09. The minimum Gasteiger partial charge on any atom is -0.486 e. The summed E-state index contributed by atoms with van der Waals surface area (Å²) in [6, 6.07) is 6.96. The third-order valence-corrected chi connectivity index (χ3v) is 8.15. The van der Waals surface area contributed by atoms with Crippen LogP contribution in [0.5, 0.6) is 5.75 Å². The Hall–Kier alpha value is -2.38. The lowest BCUT2D eigenvalue weighted by Gasteiger charge is -2.44. The van der Waals surface area contributed by atoms with E-state index in [9.17, 15) is 19.8 Å². The molecule has 0 saturated heterocycles. The van der Waals surface area contributed by atoms with Crippen LogP contribution in [-0.4, -0.2) is 64.9 Å². The normalized spacial score (nSPS) is 28.7. The fraction of sp³-hybridized carbons (Fsp3) is 0.630. The van der Waals surface area contributed by atoms with Crippen molar-refractivity contribution in [3.63, 3.8) is 0 Å². The second-order valence-electron chi connectivity index (χ2n) is 10.3. The Morgan fingerprint density at radius 3 is 2.53 bits per heavy atom. The Bertz CT molecular complexity index is 937. The van der Waals surface area contributed by atoms with Crippen LogP contribution in [0.3, 0.4) is 0 Å². The van der Waals surface area contributed by atoms with E-state index in [0.717, 1.165) is 37.7 Å². The summed E-state index contributed by atoms with van der Waals surface area (Å²) in [4.78, 5) is 28.7. The van der Waals surface area contributed by atoms with Crippen LogP contribution in [0.25, 0.3) is 0 Å².